The fourth-order valence-corrected chi connectivity index (χ4v) is 3.68. The number of rotatable bonds is 6. The van der Waals surface area contributed by atoms with Gasteiger partial charge in [-0.25, -0.2) is 0 Å². The SMILES string of the molecule is C=C[C@H]1CN2CC[C@H]1C[C@@H]2CNC(=O)C(CC)CC. The minimum absolute atomic E-state index is 0.191. The Bertz CT molecular complexity index is 325. The molecule has 3 heterocycles. The molecule has 0 spiro atoms. The van der Waals surface area contributed by atoms with E-state index in [9.17, 15) is 4.79 Å². The van der Waals surface area contributed by atoms with Crippen LogP contribution in [0.3, 0.4) is 0 Å². The van der Waals surface area contributed by atoms with Gasteiger partial charge in [0.2, 0.25) is 5.91 Å². The molecule has 2 bridgehead atoms. The van der Waals surface area contributed by atoms with Crippen molar-refractivity contribution in [2.45, 2.75) is 45.6 Å². The number of nitrogens with one attached hydrogen (secondary N) is 1. The van der Waals surface area contributed by atoms with E-state index in [-0.39, 0.29) is 11.8 Å². The summed E-state index contributed by atoms with van der Waals surface area (Å²) in [7, 11) is 0. The van der Waals surface area contributed by atoms with Gasteiger partial charge in [0.25, 0.3) is 0 Å². The summed E-state index contributed by atoms with van der Waals surface area (Å²) in [6, 6.07) is 0.549. The molecule has 1 N–H and O–H groups in total. The van der Waals surface area contributed by atoms with Gasteiger partial charge in [0.05, 0.1) is 0 Å². The van der Waals surface area contributed by atoms with Crippen molar-refractivity contribution in [2.75, 3.05) is 19.6 Å². The zero-order valence-electron chi connectivity index (χ0n) is 12.4. The van der Waals surface area contributed by atoms with Crippen molar-refractivity contribution in [3.8, 4) is 0 Å². The number of hydrogen-bond acceptors (Lipinski definition) is 2. The van der Waals surface area contributed by atoms with Gasteiger partial charge in [-0.15, -0.1) is 6.58 Å². The van der Waals surface area contributed by atoms with E-state index >= 15 is 0 Å². The van der Waals surface area contributed by atoms with Crippen molar-refractivity contribution in [1.29, 1.82) is 0 Å². The number of amides is 1. The predicted molar refractivity (Wildman–Crippen MR) is 78.9 cm³/mol. The van der Waals surface area contributed by atoms with E-state index in [1.54, 1.807) is 0 Å². The Kier molecular flexibility index (Phi) is 5.03. The number of nitrogens with zero attached hydrogens (tertiary/aromatic N) is 1. The molecule has 1 amide bonds. The second kappa shape index (κ2) is 6.56. The van der Waals surface area contributed by atoms with E-state index < -0.39 is 0 Å². The summed E-state index contributed by atoms with van der Waals surface area (Å²) in [5.74, 6) is 1.89. The third kappa shape index (κ3) is 3.19. The minimum Gasteiger partial charge on any atom is -0.354 e. The molecule has 4 atom stereocenters. The van der Waals surface area contributed by atoms with Crippen LogP contribution < -0.4 is 5.32 Å². The first-order valence-electron chi connectivity index (χ1n) is 7.83. The van der Waals surface area contributed by atoms with Crippen LogP contribution in [0.5, 0.6) is 0 Å². The van der Waals surface area contributed by atoms with Crippen LogP contribution in [0.2, 0.25) is 0 Å². The van der Waals surface area contributed by atoms with E-state index in [2.05, 4.69) is 36.7 Å². The van der Waals surface area contributed by atoms with Crippen molar-refractivity contribution in [1.82, 2.24) is 10.2 Å². The van der Waals surface area contributed by atoms with Gasteiger partial charge < -0.3 is 5.32 Å². The first kappa shape index (κ1) is 14.6. The van der Waals surface area contributed by atoms with Crippen LogP contribution in [-0.4, -0.2) is 36.5 Å². The highest BCUT2D eigenvalue weighted by Crippen LogP contribution is 2.36. The van der Waals surface area contributed by atoms with E-state index in [4.69, 9.17) is 0 Å². The molecule has 1 unspecified atom stereocenters. The average Bonchev–Trinajstić information content (AvgIpc) is 2.46. The van der Waals surface area contributed by atoms with Crippen molar-refractivity contribution < 1.29 is 4.79 Å². The first-order valence-corrected chi connectivity index (χ1v) is 7.83. The predicted octanol–water partition coefficient (Wildman–Crippen LogP) is 2.44. The van der Waals surface area contributed by atoms with Gasteiger partial charge in [0.1, 0.15) is 0 Å². The van der Waals surface area contributed by atoms with Crippen LogP contribution in [0.15, 0.2) is 12.7 Å². The van der Waals surface area contributed by atoms with E-state index in [1.165, 1.54) is 19.4 Å². The molecule has 0 aromatic rings. The van der Waals surface area contributed by atoms with Crippen LogP contribution in [0.25, 0.3) is 0 Å². The molecule has 0 aliphatic carbocycles. The monoisotopic (exact) mass is 264 g/mol. The summed E-state index contributed by atoms with van der Waals surface area (Å²) in [6.07, 6.45) is 6.53. The number of hydrogen-bond donors (Lipinski definition) is 1. The maximum Gasteiger partial charge on any atom is 0.223 e. The van der Waals surface area contributed by atoms with Gasteiger partial charge in [-0.3, -0.25) is 9.69 Å². The van der Waals surface area contributed by atoms with Gasteiger partial charge >= 0.3 is 0 Å². The Morgan fingerprint density at radius 1 is 1.47 bits per heavy atom. The van der Waals surface area contributed by atoms with E-state index in [0.29, 0.717) is 12.0 Å². The summed E-state index contributed by atoms with van der Waals surface area (Å²) in [5.41, 5.74) is 0. The molecule has 3 aliphatic heterocycles. The quantitative estimate of drug-likeness (QED) is 0.747. The van der Waals surface area contributed by atoms with Crippen LogP contribution >= 0.6 is 0 Å². The molecule has 0 aromatic heterocycles. The highest BCUT2D eigenvalue weighted by molar-refractivity contribution is 5.78. The molecule has 3 fully saturated rings. The van der Waals surface area contributed by atoms with Crippen molar-refractivity contribution in [3.63, 3.8) is 0 Å². The maximum atomic E-state index is 12.0. The smallest absolute Gasteiger partial charge is 0.223 e. The summed E-state index contributed by atoms with van der Waals surface area (Å²) >= 11 is 0. The second-order valence-electron chi connectivity index (χ2n) is 6.09. The average molecular weight is 264 g/mol. The molecule has 3 aliphatic rings. The van der Waals surface area contributed by atoms with E-state index in [1.807, 2.05) is 0 Å². The normalized spacial score (nSPS) is 33.4. The minimum atomic E-state index is 0.191. The molecule has 108 valence electrons. The van der Waals surface area contributed by atoms with Crippen LogP contribution in [0.1, 0.15) is 39.5 Å². The fraction of sp³-hybridized carbons (Fsp3) is 0.812. The molecular formula is C16H28N2O. The Balaban J connectivity index is 1.82. The number of carbonyl (C=O) groups excluding carboxylic acids is 1. The molecule has 3 nitrogen and oxygen atoms in total. The Hall–Kier alpha value is -0.830. The van der Waals surface area contributed by atoms with Crippen LogP contribution in [0.4, 0.5) is 0 Å². The highest BCUT2D eigenvalue weighted by Gasteiger charge is 2.38. The van der Waals surface area contributed by atoms with Gasteiger partial charge in [-0.05, 0) is 44.1 Å². The van der Waals surface area contributed by atoms with Gasteiger partial charge in [0.15, 0.2) is 0 Å². The summed E-state index contributed by atoms with van der Waals surface area (Å²) in [4.78, 5) is 14.6. The van der Waals surface area contributed by atoms with Crippen molar-refractivity contribution in [2.24, 2.45) is 17.8 Å². The zero-order chi connectivity index (χ0) is 13.8. The first-order chi connectivity index (χ1) is 9.19. The van der Waals surface area contributed by atoms with Crippen molar-refractivity contribution in [3.05, 3.63) is 12.7 Å². The van der Waals surface area contributed by atoms with E-state index in [0.717, 1.165) is 31.8 Å². The lowest BCUT2D eigenvalue weighted by Gasteiger charge is -2.49. The van der Waals surface area contributed by atoms with Crippen molar-refractivity contribution >= 4 is 5.91 Å². The molecule has 3 rings (SSSR count). The summed E-state index contributed by atoms with van der Waals surface area (Å²) in [5, 5.41) is 3.17. The zero-order valence-corrected chi connectivity index (χ0v) is 12.4. The molecule has 0 aromatic carbocycles. The molecule has 0 saturated carbocycles. The molecule has 19 heavy (non-hydrogen) atoms. The Morgan fingerprint density at radius 3 is 2.74 bits per heavy atom. The van der Waals surface area contributed by atoms with Gasteiger partial charge in [0, 0.05) is 25.0 Å². The molecule has 0 radical (unpaired) electrons. The lowest BCUT2D eigenvalue weighted by Crippen LogP contribution is -2.56. The third-order valence-corrected chi connectivity index (χ3v) is 5.10. The van der Waals surface area contributed by atoms with Gasteiger partial charge in [-0.2, -0.15) is 0 Å². The van der Waals surface area contributed by atoms with Crippen LogP contribution in [-0.2, 0) is 4.79 Å². The molecule has 3 heteroatoms. The third-order valence-electron chi connectivity index (χ3n) is 5.10. The van der Waals surface area contributed by atoms with Crippen LogP contribution in [0, 0.1) is 17.8 Å². The topological polar surface area (TPSA) is 32.3 Å². The lowest BCUT2D eigenvalue weighted by molar-refractivity contribution is -0.125. The second-order valence-corrected chi connectivity index (χ2v) is 6.09. The lowest BCUT2D eigenvalue weighted by atomic mass is 9.75. The number of piperidine rings is 3. The molecule has 3 saturated heterocycles. The number of fused-ring (bicyclic) bond motifs is 3. The number of carbonyl (C=O) groups is 1. The fourth-order valence-electron chi connectivity index (χ4n) is 3.68. The molecular weight excluding hydrogens is 236 g/mol. The summed E-state index contributed by atoms with van der Waals surface area (Å²) < 4.78 is 0. The largest absolute Gasteiger partial charge is 0.354 e. The standard InChI is InChI=1S/C16H28N2O/c1-4-12(5-2)16(19)17-10-15-9-14-7-8-18(15)11-13(14)6-3/h6,12-15H,3-5,7-11H2,1-2H3,(H,17,19)/t13-,14-,15+/m0/s1. The summed E-state index contributed by atoms with van der Waals surface area (Å²) in [6.45, 7) is 11.3. The maximum absolute atomic E-state index is 12.0. The Morgan fingerprint density at radius 2 is 2.21 bits per heavy atom. The van der Waals surface area contributed by atoms with Gasteiger partial charge in [-0.1, -0.05) is 19.9 Å². The Labute approximate surface area is 117 Å². The highest BCUT2D eigenvalue weighted by atomic mass is 16.1.